The summed E-state index contributed by atoms with van der Waals surface area (Å²) < 4.78 is 5.23. The second kappa shape index (κ2) is 6.26. The fraction of sp³-hybridized carbons (Fsp3) is 0.500. The lowest BCUT2D eigenvalue weighted by atomic mass is 10.1. The summed E-state index contributed by atoms with van der Waals surface area (Å²) in [6, 6.07) is 5.24. The van der Waals surface area contributed by atoms with E-state index in [0.717, 1.165) is 18.4 Å². The average Bonchev–Trinajstić information content (AvgIpc) is 2.39. The first-order valence-electron chi connectivity index (χ1n) is 6.38. The summed E-state index contributed by atoms with van der Waals surface area (Å²) in [6.07, 6.45) is 1.46. The van der Waals surface area contributed by atoms with Gasteiger partial charge in [0.1, 0.15) is 5.75 Å². The number of halogens is 1. The van der Waals surface area contributed by atoms with Crippen LogP contribution in [0.1, 0.15) is 18.4 Å². The van der Waals surface area contributed by atoms with Gasteiger partial charge >= 0.3 is 0 Å². The molecule has 1 aromatic carbocycles. The molecule has 104 valence electrons. The molecule has 1 aliphatic rings. The minimum absolute atomic E-state index is 0.000633. The molecule has 4 nitrogen and oxygen atoms in total. The molecular weight excluding hydrogens is 266 g/mol. The number of aliphatic hydroxyl groups excluding tert-OH is 1. The number of hydrogen-bond acceptors (Lipinski definition) is 3. The Hall–Kier alpha value is -1.26. The van der Waals surface area contributed by atoms with Gasteiger partial charge < -0.3 is 14.7 Å². The van der Waals surface area contributed by atoms with Crippen LogP contribution >= 0.6 is 11.6 Å². The van der Waals surface area contributed by atoms with Crippen molar-refractivity contribution in [2.24, 2.45) is 0 Å². The predicted octanol–water partition coefficient (Wildman–Crippen LogP) is 1.87. The predicted molar refractivity (Wildman–Crippen MR) is 73.5 cm³/mol. The highest BCUT2D eigenvalue weighted by Crippen LogP contribution is 2.24. The molecule has 1 aliphatic heterocycles. The Labute approximate surface area is 117 Å². The maximum atomic E-state index is 12.2. The first-order chi connectivity index (χ1) is 9.10. The van der Waals surface area contributed by atoms with E-state index >= 15 is 0 Å². The first kappa shape index (κ1) is 14.2. The molecule has 0 aliphatic carbocycles. The minimum Gasteiger partial charge on any atom is -0.496 e. The minimum atomic E-state index is -0.404. The summed E-state index contributed by atoms with van der Waals surface area (Å²) in [4.78, 5) is 13.9. The van der Waals surface area contributed by atoms with Crippen LogP contribution in [-0.4, -0.2) is 42.2 Å². The van der Waals surface area contributed by atoms with E-state index in [-0.39, 0.29) is 12.3 Å². The van der Waals surface area contributed by atoms with Gasteiger partial charge in [0.15, 0.2) is 0 Å². The van der Waals surface area contributed by atoms with Crippen molar-refractivity contribution in [3.05, 3.63) is 28.8 Å². The lowest BCUT2D eigenvalue weighted by molar-refractivity contribution is -0.133. The molecule has 1 N–H and O–H groups in total. The lowest BCUT2D eigenvalue weighted by Crippen LogP contribution is -2.42. The molecule has 1 heterocycles. The summed E-state index contributed by atoms with van der Waals surface area (Å²) in [5.41, 5.74) is 0.778. The largest absolute Gasteiger partial charge is 0.496 e. The Morgan fingerprint density at radius 3 is 3.05 bits per heavy atom. The maximum Gasteiger partial charge on any atom is 0.227 e. The van der Waals surface area contributed by atoms with E-state index in [1.165, 1.54) is 0 Å². The van der Waals surface area contributed by atoms with Crippen LogP contribution in [0.25, 0.3) is 0 Å². The van der Waals surface area contributed by atoms with E-state index in [4.69, 9.17) is 16.3 Å². The van der Waals surface area contributed by atoms with Crippen molar-refractivity contribution in [2.75, 3.05) is 20.2 Å². The van der Waals surface area contributed by atoms with Crippen LogP contribution in [0.2, 0.25) is 5.02 Å². The third kappa shape index (κ3) is 3.61. The van der Waals surface area contributed by atoms with Crippen LogP contribution < -0.4 is 4.74 Å². The van der Waals surface area contributed by atoms with Crippen LogP contribution in [-0.2, 0) is 11.2 Å². The number of likely N-dealkylation sites (tertiary alicyclic amines) is 1. The zero-order valence-corrected chi connectivity index (χ0v) is 11.7. The molecule has 0 radical (unpaired) electrons. The zero-order chi connectivity index (χ0) is 13.8. The van der Waals surface area contributed by atoms with Crippen molar-refractivity contribution >= 4 is 17.5 Å². The molecule has 1 amide bonds. The smallest absolute Gasteiger partial charge is 0.227 e. The monoisotopic (exact) mass is 283 g/mol. The number of carbonyl (C=O) groups excluding carboxylic acids is 1. The van der Waals surface area contributed by atoms with E-state index in [0.29, 0.717) is 23.9 Å². The number of nitrogens with zero attached hydrogens (tertiary/aromatic N) is 1. The molecule has 1 atom stereocenters. The van der Waals surface area contributed by atoms with Gasteiger partial charge in [0.05, 0.1) is 19.6 Å². The molecule has 2 rings (SSSR count). The van der Waals surface area contributed by atoms with Gasteiger partial charge in [-0.3, -0.25) is 4.79 Å². The summed E-state index contributed by atoms with van der Waals surface area (Å²) in [6.45, 7) is 1.13. The number of amides is 1. The van der Waals surface area contributed by atoms with Gasteiger partial charge in [0, 0.05) is 23.7 Å². The highest BCUT2D eigenvalue weighted by Gasteiger charge is 2.22. The van der Waals surface area contributed by atoms with Gasteiger partial charge in [-0.1, -0.05) is 11.6 Å². The molecule has 0 aromatic heterocycles. The summed E-state index contributed by atoms with van der Waals surface area (Å²) in [7, 11) is 1.57. The second-order valence-electron chi connectivity index (χ2n) is 4.77. The highest BCUT2D eigenvalue weighted by molar-refractivity contribution is 6.30. The average molecular weight is 284 g/mol. The number of methoxy groups -OCH3 is 1. The first-order valence-corrected chi connectivity index (χ1v) is 6.76. The van der Waals surface area contributed by atoms with E-state index < -0.39 is 6.10 Å². The Bertz CT molecular complexity index is 464. The normalized spacial score (nSPS) is 19.3. The van der Waals surface area contributed by atoms with Crippen LogP contribution in [0.4, 0.5) is 0 Å². The van der Waals surface area contributed by atoms with Crippen LogP contribution in [0.5, 0.6) is 5.75 Å². The van der Waals surface area contributed by atoms with E-state index in [9.17, 15) is 9.90 Å². The quantitative estimate of drug-likeness (QED) is 0.921. The standard InChI is InChI=1S/C14H18ClNO3/c1-19-13-5-4-11(15)7-10(13)8-14(18)16-6-2-3-12(17)9-16/h4-5,7,12,17H,2-3,6,8-9H2,1H3. The fourth-order valence-corrected chi connectivity index (χ4v) is 2.54. The van der Waals surface area contributed by atoms with Gasteiger partial charge in [0.25, 0.3) is 0 Å². The molecule has 5 heteroatoms. The number of rotatable bonds is 3. The number of hydrogen-bond donors (Lipinski definition) is 1. The third-order valence-corrected chi connectivity index (χ3v) is 3.57. The number of carbonyl (C=O) groups is 1. The van der Waals surface area contributed by atoms with Crippen molar-refractivity contribution in [1.29, 1.82) is 0 Å². The summed E-state index contributed by atoms with van der Waals surface area (Å²) in [5, 5.41) is 10.2. The van der Waals surface area contributed by atoms with Crippen molar-refractivity contribution in [1.82, 2.24) is 4.90 Å². The number of benzene rings is 1. The SMILES string of the molecule is COc1ccc(Cl)cc1CC(=O)N1CCCC(O)C1. The number of β-amino-alcohol motifs (C(OH)–C–C–N with tert-alkyl or cyclic N) is 1. The molecule has 1 aromatic rings. The van der Waals surface area contributed by atoms with Gasteiger partial charge in [-0.15, -0.1) is 0 Å². The number of aliphatic hydroxyl groups is 1. The Balaban J connectivity index is 2.07. The van der Waals surface area contributed by atoms with Crippen molar-refractivity contribution in [3.63, 3.8) is 0 Å². The van der Waals surface area contributed by atoms with Gasteiger partial charge in [-0.25, -0.2) is 0 Å². The summed E-state index contributed by atoms with van der Waals surface area (Å²) in [5.74, 6) is 0.662. The molecule has 19 heavy (non-hydrogen) atoms. The topological polar surface area (TPSA) is 49.8 Å². The molecule has 1 unspecified atom stereocenters. The molecule has 0 saturated carbocycles. The molecular formula is C14H18ClNO3. The molecule has 0 bridgehead atoms. The Morgan fingerprint density at radius 1 is 1.58 bits per heavy atom. The highest BCUT2D eigenvalue weighted by atomic mass is 35.5. The number of ether oxygens (including phenoxy) is 1. The van der Waals surface area contributed by atoms with Crippen molar-refractivity contribution in [2.45, 2.75) is 25.4 Å². The van der Waals surface area contributed by atoms with E-state index in [1.54, 1.807) is 30.2 Å². The van der Waals surface area contributed by atoms with E-state index in [2.05, 4.69) is 0 Å². The van der Waals surface area contributed by atoms with Gasteiger partial charge in [-0.05, 0) is 31.0 Å². The maximum absolute atomic E-state index is 12.2. The lowest BCUT2D eigenvalue weighted by Gasteiger charge is -2.30. The fourth-order valence-electron chi connectivity index (χ4n) is 2.34. The molecule has 0 spiro atoms. The van der Waals surface area contributed by atoms with Crippen molar-refractivity contribution in [3.8, 4) is 5.75 Å². The third-order valence-electron chi connectivity index (χ3n) is 3.33. The van der Waals surface area contributed by atoms with Crippen LogP contribution in [0, 0.1) is 0 Å². The van der Waals surface area contributed by atoms with Crippen molar-refractivity contribution < 1.29 is 14.6 Å². The van der Waals surface area contributed by atoms with Crippen LogP contribution in [0.3, 0.4) is 0 Å². The van der Waals surface area contributed by atoms with Gasteiger partial charge in [0.2, 0.25) is 5.91 Å². The van der Waals surface area contributed by atoms with Crippen LogP contribution in [0.15, 0.2) is 18.2 Å². The zero-order valence-electron chi connectivity index (χ0n) is 10.9. The van der Waals surface area contributed by atoms with Gasteiger partial charge in [-0.2, -0.15) is 0 Å². The Kier molecular flexibility index (Phi) is 4.66. The molecule has 1 fully saturated rings. The van der Waals surface area contributed by atoms with E-state index in [1.807, 2.05) is 0 Å². The Morgan fingerprint density at radius 2 is 2.37 bits per heavy atom. The summed E-state index contributed by atoms with van der Waals surface area (Å²) >= 11 is 5.95. The second-order valence-corrected chi connectivity index (χ2v) is 5.21. The number of piperidine rings is 1. The molecule has 1 saturated heterocycles.